The van der Waals surface area contributed by atoms with Crippen molar-refractivity contribution in [3.05, 3.63) is 29.8 Å². The SMILES string of the molecule is CC(C)c1ccc(NC2CCCN(C(=O)CCC(F)(F)F)C2)cc1. The number of halogens is 3. The van der Waals surface area contributed by atoms with Crippen molar-refractivity contribution in [1.82, 2.24) is 4.90 Å². The zero-order valence-electron chi connectivity index (χ0n) is 14.2. The maximum absolute atomic E-state index is 12.3. The van der Waals surface area contributed by atoms with E-state index in [2.05, 4.69) is 31.3 Å². The smallest absolute Gasteiger partial charge is 0.381 e. The summed E-state index contributed by atoms with van der Waals surface area (Å²) < 4.78 is 36.8. The number of nitrogens with zero attached hydrogens (tertiary/aromatic N) is 1. The van der Waals surface area contributed by atoms with Crippen molar-refractivity contribution in [2.24, 2.45) is 0 Å². The first kappa shape index (κ1) is 18.6. The van der Waals surface area contributed by atoms with Crippen molar-refractivity contribution in [2.45, 2.75) is 57.7 Å². The summed E-state index contributed by atoms with van der Waals surface area (Å²) in [5.74, 6) is 0.0597. The molecule has 1 aromatic rings. The Morgan fingerprint density at radius 3 is 2.54 bits per heavy atom. The van der Waals surface area contributed by atoms with Crippen LogP contribution in [0.25, 0.3) is 0 Å². The number of piperidine rings is 1. The van der Waals surface area contributed by atoms with Crippen LogP contribution in [0.3, 0.4) is 0 Å². The molecule has 1 aliphatic heterocycles. The molecule has 2 rings (SSSR count). The normalized spacial score (nSPS) is 18.8. The number of likely N-dealkylation sites (tertiary alicyclic amines) is 1. The van der Waals surface area contributed by atoms with Gasteiger partial charge in [-0.05, 0) is 36.5 Å². The van der Waals surface area contributed by atoms with Gasteiger partial charge in [0.25, 0.3) is 0 Å². The fourth-order valence-corrected chi connectivity index (χ4v) is 2.93. The molecule has 1 unspecified atom stereocenters. The Balaban J connectivity index is 1.87. The van der Waals surface area contributed by atoms with Crippen molar-refractivity contribution in [3.8, 4) is 0 Å². The van der Waals surface area contributed by atoms with Crippen molar-refractivity contribution >= 4 is 11.6 Å². The Morgan fingerprint density at radius 2 is 1.96 bits per heavy atom. The van der Waals surface area contributed by atoms with E-state index < -0.39 is 24.9 Å². The molecule has 0 saturated carbocycles. The summed E-state index contributed by atoms with van der Waals surface area (Å²) in [7, 11) is 0. The van der Waals surface area contributed by atoms with Crippen LogP contribution >= 0.6 is 0 Å². The molecule has 1 heterocycles. The van der Waals surface area contributed by atoms with Gasteiger partial charge in [0.1, 0.15) is 0 Å². The number of carbonyl (C=O) groups excluding carboxylic acids is 1. The summed E-state index contributed by atoms with van der Waals surface area (Å²) in [6, 6.07) is 8.25. The second-order valence-corrected chi connectivity index (χ2v) is 6.72. The summed E-state index contributed by atoms with van der Waals surface area (Å²) in [6.45, 7) is 5.27. The molecule has 1 N–H and O–H groups in total. The first-order chi connectivity index (χ1) is 11.2. The van der Waals surface area contributed by atoms with Crippen LogP contribution in [0.15, 0.2) is 24.3 Å². The number of nitrogens with one attached hydrogen (secondary N) is 1. The molecule has 134 valence electrons. The summed E-state index contributed by atoms with van der Waals surface area (Å²) >= 11 is 0. The molecule has 1 saturated heterocycles. The topological polar surface area (TPSA) is 32.3 Å². The van der Waals surface area contributed by atoms with Gasteiger partial charge in [0, 0.05) is 31.2 Å². The number of hydrogen-bond donors (Lipinski definition) is 1. The fourth-order valence-electron chi connectivity index (χ4n) is 2.93. The van der Waals surface area contributed by atoms with Crippen molar-refractivity contribution in [1.29, 1.82) is 0 Å². The highest BCUT2D eigenvalue weighted by atomic mass is 19.4. The lowest BCUT2D eigenvalue weighted by Gasteiger charge is -2.34. The molecule has 0 spiro atoms. The van der Waals surface area contributed by atoms with E-state index in [0.717, 1.165) is 18.5 Å². The zero-order valence-corrected chi connectivity index (χ0v) is 14.2. The van der Waals surface area contributed by atoms with E-state index in [1.807, 2.05) is 12.1 Å². The average Bonchev–Trinajstić information content (AvgIpc) is 2.52. The maximum atomic E-state index is 12.3. The van der Waals surface area contributed by atoms with Gasteiger partial charge in [-0.25, -0.2) is 0 Å². The molecule has 1 amide bonds. The highest BCUT2D eigenvalue weighted by Gasteiger charge is 2.30. The molecule has 1 atom stereocenters. The van der Waals surface area contributed by atoms with Crippen LogP contribution < -0.4 is 5.32 Å². The van der Waals surface area contributed by atoms with E-state index in [1.54, 1.807) is 4.90 Å². The molecule has 1 aliphatic rings. The predicted molar refractivity (Wildman–Crippen MR) is 89.0 cm³/mol. The van der Waals surface area contributed by atoms with Crippen molar-refractivity contribution < 1.29 is 18.0 Å². The quantitative estimate of drug-likeness (QED) is 0.851. The first-order valence-corrected chi connectivity index (χ1v) is 8.45. The largest absolute Gasteiger partial charge is 0.389 e. The third-order valence-electron chi connectivity index (χ3n) is 4.34. The predicted octanol–water partition coefficient (Wildman–Crippen LogP) is 4.56. The molecule has 6 heteroatoms. The highest BCUT2D eigenvalue weighted by Crippen LogP contribution is 2.24. The molecule has 3 nitrogen and oxygen atoms in total. The molecule has 1 fully saturated rings. The zero-order chi connectivity index (χ0) is 17.7. The Morgan fingerprint density at radius 1 is 1.29 bits per heavy atom. The van der Waals surface area contributed by atoms with Gasteiger partial charge in [0.15, 0.2) is 0 Å². The number of alkyl halides is 3. The lowest BCUT2D eigenvalue weighted by molar-refractivity contribution is -0.149. The maximum Gasteiger partial charge on any atom is 0.389 e. The van der Waals surface area contributed by atoms with Crippen LogP contribution in [0.5, 0.6) is 0 Å². The van der Waals surface area contributed by atoms with Gasteiger partial charge < -0.3 is 10.2 Å². The minimum absolute atomic E-state index is 0.0819. The van der Waals surface area contributed by atoms with E-state index in [-0.39, 0.29) is 6.04 Å². The standard InChI is InChI=1S/C18H25F3N2O/c1-13(2)14-5-7-15(8-6-14)22-16-4-3-11-23(12-16)17(24)9-10-18(19,20)21/h5-8,13,16,22H,3-4,9-12H2,1-2H3. The Bertz CT molecular complexity index is 540. The van der Waals surface area contributed by atoms with Crippen LogP contribution in [0.1, 0.15) is 51.0 Å². The third kappa shape index (κ3) is 5.73. The number of benzene rings is 1. The fraction of sp³-hybridized carbons (Fsp3) is 0.611. The number of amides is 1. The molecule has 0 bridgehead atoms. The number of anilines is 1. The van der Waals surface area contributed by atoms with E-state index in [1.165, 1.54) is 5.56 Å². The van der Waals surface area contributed by atoms with Crippen molar-refractivity contribution in [3.63, 3.8) is 0 Å². The van der Waals surface area contributed by atoms with Gasteiger partial charge in [-0.1, -0.05) is 26.0 Å². The third-order valence-corrected chi connectivity index (χ3v) is 4.34. The van der Waals surface area contributed by atoms with Crippen LogP contribution in [0.2, 0.25) is 0 Å². The van der Waals surface area contributed by atoms with Gasteiger partial charge in [0.05, 0.1) is 6.42 Å². The van der Waals surface area contributed by atoms with E-state index in [9.17, 15) is 18.0 Å². The molecular formula is C18H25F3N2O. The van der Waals surface area contributed by atoms with Gasteiger partial charge in [-0.15, -0.1) is 0 Å². The van der Waals surface area contributed by atoms with Gasteiger partial charge in [-0.2, -0.15) is 13.2 Å². The molecular weight excluding hydrogens is 317 g/mol. The monoisotopic (exact) mass is 342 g/mol. The molecule has 0 radical (unpaired) electrons. The number of carbonyl (C=O) groups is 1. The first-order valence-electron chi connectivity index (χ1n) is 8.45. The van der Waals surface area contributed by atoms with E-state index in [4.69, 9.17) is 0 Å². The van der Waals surface area contributed by atoms with E-state index >= 15 is 0 Å². The summed E-state index contributed by atoms with van der Waals surface area (Å²) in [6.07, 6.45) is -4.06. The van der Waals surface area contributed by atoms with Gasteiger partial charge in [-0.3, -0.25) is 4.79 Å². The summed E-state index contributed by atoms with van der Waals surface area (Å²) in [5.41, 5.74) is 2.24. The average molecular weight is 342 g/mol. The number of hydrogen-bond acceptors (Lipinski definition) is 2. The van der Waals surface area contributed by atoms with Gasteiger partial charge >= 0.3 is 6.18 Å². The second-order valence-electron chi connectivity index (χ2n) is 6.72. The second kappa shape index (κ2) is 7.90. The highest BCUT2D eigenvalue weighted by molar-refractivity contribution is 5.76. The Labute approximate surface area is 141 Å². The Hall–Kier alpha value is -1.72. The minimum atomic E-state index is -4.28. The summed E-state index contributed by atoms with van der Waals surface area (Å²) in [4.78, 5) is 13.5. The molecule has 24 heavy (non-hydrogen) atoms. The Kier molecular flexibility index (Phi) is 6.13. The lowest BCUT2D eigenvalue weighted by atomic mass is 10.0. The van der Waals surface area contributed by atoms with Crippen LogP contribution in [0, 0.1) is 0 Å². The van der Waals surface area contributed by atoms with Crippen molar-refractivity contribution in [2.75, 3.05) is 18.4 Å². The van der Waals surface area contributed by atoms with E-state index in [0.29, 0.717) is 19.0 Å². The lowest BCUT2D eigenvalue weighted by Crippen LogP contribution is -2.45. The molecule has 0 aliphatic carbocycles. The number of rotatable bonds is 5. The minimum Gasteiger partial charge on any atom is -0.381 e. The van der Waals surface area contributed by atoms with Crippen LogP contribution in [-0.4, -0.2) is 36.1 Å². The van der Waals surface area contributed by atoms with Crippen LogP contribution in [-0.2, 0) is 4.79 Å². The molecule has 0 aromatic heterocycles. The summed E-state index contributed by atoms with van der Waals surface area (Å²) in [5, 5.41) is 3.39. The van der Waals surface area contributed by atoms with Crippen LogP contribution in [0.4, 0.5) is 18.9 Å². The molecule has 1 aromatic carbocycles. The van der Waals surface area contributed by atoms with Gasteiger partial charge in [0.2, 0.25) is 5.91 Å².